The van der Waals surface area contributed by atoms with Crippen molar-refractivity contribution in [2.75, 3.05) is 5.32 Å². The van der Waals surface area contributed by atoms with E-state index in [1.165, 1.54) is 18.2 Å². The molecule has 18 heavy (non-hydrogen) atoms. The number of carbonyl (C=O) groups excluding carboxylic acids is 1. The minimum atomic E-state index is -3.82. The zero-order chi connectivity index (χ0) is 14.1. The molecule has 0 aliphatic heterocycles. The molecule has 0 saturated heterocycles. The smallest absolute Gasteiger partial charge is 0.238 e. The van der Waals surface area contributed by atoms with Crippen LogP contribution >= 0.6 is 11.6 Å². The predicted octanol–water partition coefficient (Wildman–Crippen LogP) is 1.97. The van der Waals surface area contributed by atoms with Crippen molar-refractivity contribution in [3.63, 3.8) is 0 Å². The molecule has 0 fully saturated rings. The Morgan fingerprint density at radius 3 is 2.33 bits per heavy atom. The molecule has 0 aromatic heterocycles. The van der Waals surface area contributed by atoms with E-state index in [1.54, 1.807) is 20.8 Å². The van der Waals surface area contributed by atoms with E-state index in [0.717, 1.165) is 0 Å². The highest BCUT2D eigenvalue weighted by Crippen LogP contribution is 2.26. The second kappa shape index (κ2) is 4.87. The predicted molar refractivity (Wildman–Crippen MR) is 70.9 cm³/mol. The van der Waals surface area contributed by atoms with Gasteiger partial charge in [0, 0.05) is 5.41 Å². The van der Waals surface area contributed by atoms with Gasteiger partial charge < -0.3 is 5.32 Å². The van der Waals surface area contributed by atoms with Gasteiger partial charge >= 0.3 is 0 Å². The molecule has 0 saturated carbocycles. The molecule has 3 N–H and O–H groups in total. The van der Waals surface area contributed by atoms with Crippen LogP contribution in [0.4, 0.5) is 5.69 Å². The van der Waals surface area contributed by atoms with Gasteiger partial charge in [0.25, 0.3) is 0 Å². The van der Waals surface area contributed by atoms with Crippen LogP contribution in [0.5, 0.6) is 0 Å². The number of benzene rings is 1. The molecule has 100 valence electrons. The van der Waals surface area contributed by atoms with Gasteiger partial charge in [-0.1, -0.05) is 32.4 Å². The van der Waals surface area contributed by atoms with E-state index in [2.05, 4.69) is 5.32 Å². The summed E-state index contributed by atoms with van der Waals surface area (Å²) in [4.78, 5) is 11.7. The van der Waals surface area contributed by atoms with E-state index in [-0.39, 0.29) is 21.5 Å². The molecule has 1 aromatic carbocycles. The normalized spacial score (nSPS) is 12.3. The number of anilines is 1. The van der Waals surface area contributed by atoms with Gasteiger partial charge in [0.1, 0.15) is 0 Å². The van der Waals surface area contributed by atoms with Crippen molar-refractivity contribution in [3.8, 4) is 0 Å². The molecule has 0 radical (unpaired) electrons. The molecule has 1 amide bonds. The lowest BCUT2D eigenvalue weighted by Gasteiger charge is -2.18. The summed E-state index contributed by atoms with van der Waals surface area (Å²) in [5.41, 5.74) is -0.385. The van der Waals surface area contributed by atoms with E-state index in [9.17, 15) is 13.2 Å². The molecular formula is C11H15ClN2O3S. The van der Waals surface area contributed by atoms with Crippen molar-refractivity contribution in [1.82, 2.24) is 0 Å². The number of hydrogen-bond acceptors (Lipinski definition) is 3. The number of nitrogens with two attached hydrogens (primary N) is 1. The lowest BCUT2D eigenvalue weighted by atomic mass is 9.95. The van der Waals surface area contributed by atoms with Gasteiger partial charge in [-0.05, 0) is 18.2 Å². The fourth-order valence-corrected chi connectivity index (χ4v) is 1.79. The number of sulfonamides is 1. The van der Waals surface area contributed by atoms with Crippen molar-refractivity contribution in [2.24, 2.45) is 10.6 Å². The highest BCUT2D eigenvalue weighted by Gasteiger charge is 2.22. The Kier molecular flexibility index (Phi) is 4.05. The highest BCUT2D eigenvalue weighted by molar-refractivity contribution is 7.89. The summed E-state index contributed by atoms with van der Waals surface area (Å²) in [6.07, 6.45) is 0. The van der Waals surface area contributed by atoms with Crippen LogP contribution in [0.15, 0.2) is 23.1 Å². The summed E-state index contributed by atoms with van der Waals surface area (Å²) in [6, 6.07) is 3.89. The molecule has 5 nitrogen and oxygen atoms in total. The van der Waals surface area contributed by atoms with Crippen LogP contribution in [-0.2, 0) is 14.8 Å². The van der Waals surface area contributed by atoms with Crippen LogP contribution < -0.4 is 10.5 Å². The summed E-state index contributed by atoms with van der Waals surface area (Å²) in [5, 5.41) is 7.83. The first kappa shape index (κ1) is 14.9. The topological polar surface area (TPSA) is 89.3 Å². The summed E-state index contributed by atoms with van der Waals surface area (Å²) in [5.74, 6) is -0.268. The van der Waals surface area contributed by atoms with Gasteiger partial charge in [0.15, 0.2) is 0 Å². The Labute approximate surface area is 111 Å². The first-order valence-electron chi connectivity index (χ1n) is 5.15. The molecular weight excluding hydrogens is 276 g/mol. The maximum absolute atomic E-state index is 11.8. The van der Waals surface area contributed by atoms with Crippen molar-refractivity contribution in [3.05, 3.63) is 23.2 Å². The van der Waals surface area contributed by atoms with E-state index in [0.29, 0.717) is 0 Å². The van der Waals surface area contributed by atoms with Gasteiger partial charge in [0.05, 0.1) is 15.6 Å². The van der Waals surface area contributed by atoms with Crippen LogP contribution in [0, 0.1) is 5.41 Å². The number of nitrogens with one attached hydrogen (secondary N) is 1. The summed E-state index contributed by atoms with van der Waals surface area (Å²) in [7, 11) is -3.82. The maximum Gasteiger partial charge on any atom is 0.238 e. The number of amides is 1. The molecule has 0 aliphatic rings. The third-order valence-corrected chi connectivity index (χ3v) is 3.44. The van der Waals surface area contributed by atoms with Gasteiger partial charge in [-0.15, -0.1) is 0 Å². The van der Waals surface area contributed by atoms with Crippen molar-refractivity contribution >= 4 is 33.2 Å². The number of halogens is 1. The summed E-state index contributed by atoms with van der Waals surface area (Å²) >= 11 is 5.89. The first-order valence-corrected chi connectivity index (χ1v) is 7.08. The van der Waals surface area contributed by atoms with Gasteiger partial charge in [0.2, 0.25) is 15.9 Å². The Bertz CT molecular complexity index is 576. The molecule has 0 bridgehead atoms. The first-order chi connectivity index (χ1) is 8.01. The van der Waals surface area contributed by atoms with Gasteiger partial charge in [-0.3, -0.25) is 4.79 Å². The van der Waals surface area contributed by atoms with Gasteiger partial charge in [-0.25, -0.2) is 13.6 Å². The Morgan fingerprint density at radius 2 is 1.89 bits per heavy atom. The van der Waals surface area contributed by atoms with E-state index >= 15 is 0 Å². The largest absolute Gasteiger partial charge is 0.324 e. The van der Waals surface area contributed by atoms with Crippen LogP contribution in [0.2, 0.25) is 5.02 Å². The molecule has 0 atom stereocenters. The number of hydrogen-bond donors (Lipinski definition) is 2. The van der Waals surface area contributed by atoms with Crippen LogP contribution in [-0.4, -0.2) is 14.3 Å². The van der Waals surface area contributed by atoms with Crippen molar-refractivity contribution < 1.29 is 13.2 Å². The maximum atomic E-state index is 11.8. The molecule has 0 aliphatic carbocycles. The number of rotatable bonds is 2. The molecule has 7 heteroatoms. The molecule has 0 spiro atoms. The standard InChI is InChI=1S/C11H15ClN2O3S/c1-11(2,3)10(15)14-9-6-7(18(13,16)17)4-5-8(9)12/h4-6H,1-3H3,(H,14,15)(H2,13,16,17). The van der Waals surface area contributed by atoms with Gasteiger partial charge in [-0.2, -0.15) is 0 Å². The van der Waals surface area contributed by atoms with E-state index < -0.39 is 15.4 Å². The van der Waals surface area contributed by atoms with Crippen LogP contribution in [0.25, 0.3) is 0 Å². The number of primary sulfonamides is 1. The van der Waals surface area contributed by atoms with Crippen LogP contribution in [0.3, 0.4) is 0 Å². The van der Waals surface area contributed by atoms with Crippen LogP contribution in [0.1, 0.15) is 20.8 Å². The van der Waals surface area contributed by atoms with Crippen molar-refractivity contribution in [2.45, 2.75) is 25.7 Å². The minimum Gasteiger partial charge on any atom is -0.324 e. The average molecular weight is 291 g/mol. The molecule has 0 unspecified atom stereocenters. The second-order valence-corrected chi connectivity index (χ2v) is 6.86. The summed E-state index contributed by atoms with van der Waals surface area (Å²) < 4.78 is 22.4. The minimum absolute atomic E-state index is 0.101. The molecule has 1 aromatic rings. The summed E-state index contributed by atoms with van der Waals surface area (Å²) in [6.45, 7) is 5.21. The fraction of sp³-hybridized carbons (Fsp3) is 0.364. The molecule has 1 rings (SSSR count). The average Bonchev–Trinajstić information content (AvgIpc) is 2.18. The van der Waals surface area contributed by atoms with Crippen molar-refractivity contribution in [1.29, 1.82) is 0 Å². The SMILES string of the molecule is CC(C)(C)C(=O)Nc1cc(S(N)(=O)=O)ccc1Cl. The molecule has 0 heterocycles. The third kappa shape index (κ3) is 3.69. The lowest BCUT2D eigenvalue weighted by Crippen LogP contribution is -2.27. The Balaban J connectivity index is 3.14. The third-order valence-electron chi connectivity index (χ3n) is 2.20. The number of carbonyl (C=O) groups is 1. The second-order valence-electron chi connectivity index (χ2n) is 4.89. The highest BCUT2D eigenvalue weighted by atomic mass is 35.5. The lowest BCUT2D eigenvalue weighted by molar-refractivity contribution is -0.123. The zero-order valence-corrected chi connectivity index (χ0v) is 11.9. The fourth-order valence-electron chi connectivity index (χ4n) is 1.09. The Hall–Kier alpha value is -1.11. The monoisotopic (exact) mass is 290 g/mol. The Morgan fingerprint density at radius 1 is 1.33 bits per heavy atom. The van der Waals surface area contributed by atoms with E-state index in [4.69, 9.17) is 16.7 Å². The zero-order valence-electron chi connectivity index (χ0n) is 10.3. The quantitative estimate of drug-likeness (QED) is 0.872. The van der Waals surface area contributed by atoms with E-state index in [1.807, 2.05) is 0 Å².